The molecule has 1 aliphatic carbocycles. The first-order chi connectivity index (χ1) is 13.3. The zero-order valence-corrected chi connectivity index (χ0v) is 17.1. The van der Waals surface area contributed by atoms with E-state index in [1.165, 1.54) is 24.0 Å². The van der Waals surface area contributed by atoms with Gasteiger partial charge in [0.2, 0.25) is 0 Å². The Hall–Kier alpha value is -2.23. The Morgan fingerprint density at radius 3 is 2.68 bits per heavy atom. The normalized spacial score (nSPS) is 16.3. The topological polar surface area (TPSA) is 55.8 Å². The van der Waals surface area contributed by atoms with E-state index >= 15 is 0 Å². The molecule has 2 aromatic carbocycles. The van der Waals surface area contributed by atoms with Crippen molar-refractivity contribution < 1.29 is 27.8 Å². The Kier molecular flexibility index (Phi) is 4.98. The van der Waals surface area contributed by atoms with E-state index in [9.17, 15) is 18.4 Å². The van der Waals surface area contributed by atoms with Crippen molar-refractivity contribution >= 4 is 40.2 Å². The molecule has 1 saturated carbocycles. The highest BCUT2D eigenvalue weighted by atomic mass is 127. The standard InChI is InChI=1S/C20H16F2INO4/c1-10(25)28-19-15(23)8-13(21)9-16(19)24-4-5-27-17-7-12(11-2-3-11)6-14(22)18(17)20(24)26/h6-9,11H,2-5H2,1H3. The van der Waals surface area contributed by atoms with E-state index in [0.29, 0.717) is 9.49 Å². The van der Waals surface area contributed by atoms with Crippen LogP contribution in [0.5, 0.6) is 11.5 Å². The van der Waals surface area contributed by atoms with E-state index in [4.69, 9.17) is 9.47 Å². The second-order valence-electron chi connectivity index (χ2n) is 6.78. The highest BCUT2D eigenvalue weighted by Gasteiger charge is 2.33. The Morgan fingerprint density at radius 2 is 2.00 bits per heavy atom. The summed E-state index contributed by atoms with van der Waals surface area (Å²) >= 11 is 1.82. The van der Waals surface area contributed by atoms with Crippen molar-refractivity contribution in [3.05, 3.63) is 50.6 Å². The van der Waals surface area contributed by atoms with Gasteiger partial charge in [-0.15, -0.1) is 0 Å². The van der Waals surface area contributed by atoms with Crippen molar-refractivity contribution in [2.75, 3.05) is 18.1 Å². The fraction of sp³-hybridized carbons (Fsp3) is 0.300. The Labute approximate surface area is 173 Å². The van der Waals surface area contributed by atoms with Gasteiger partial charge in [0.15, 0.2) is 5.75 Å². The van der Waals surface area contributed by atoms with Crippen LogP contribution in [0.2, 0.25) is 0 Å². The minimum absolute atomic E-state index is 0.0551. The summed E-state index contributed by atoms with van der Waals surface area (Å²) in [5.41, 5.74) is 0.681. The SMILES string of the molecule is CC(=O)Oc1c(I)cc(F)cc1N1CCOc2cc(C3CC3)cc(F)c2C1=O. The molecule has 0 atom stereocenters. The molecular formula is C20H16F2INO4. The Bertz CT molecular complexity index is 991. The number of benzene rings is 2. The molecule has 1 heterocycles. The lowest BCUT2D eigenvalue weighted by molar-refractivity contribution is -0.131. The van der Waals surface area contributed by atoms with Crippen LogP contribution in [0.4, 0.5) is 14.5 Å². The summed E-state index contributed by atoms with van der Waals surface area (Å²) in [5.74, 6) is -1.99. The van der Waals surface area contributed by atoms with Gasteiger partial charge in [0.05, 0.1) is 15.8 Å². The predicted octanol–water partition coefficient (Wildman–Crippen LogP) is 4.41. The molecule has 0 spiro atoms. The van der Waals surface area contributed by atoms with Gasteiger partial charge >= 0.3 is 5.97 Å². The van der Waals surface area contributed by atoms with E-state index in [-0.39, 0.29) is 35.9 Å². The van der Waals surface area contributed by atoms with Crippen LogP contribution in [0.3, 0.4) is 0 Å². The minimum atomic E-state index is -0.670. The van der Waals surface area contributed by atoms with Crippen molar-refractivity contribution in [1.29, 1.82) is 0 Å². The maximum Gasteiger partial charge on any atom is 0.308 e. The van der Waals surface area contributed by atoms with Gasteiger partial charge in [0, 0.05) is 13.0 Å². The summed E-state index contributed by atoms with van der Waals surface area (Å²) in [6, 6.07) is 5.36. The highest BCUT2D eigenvalue weighted by molar-refractivity contribution is 14.1. The first-order valence-corrected chi connectivity index (χ1v) is 9.88. The molecule has 8 heteroatoms. The summed E-state index contributed by atoms with van der Waals surface area (Å²) < 4.78 is 40.1. The van der Waals surface area contributed by atoms with E-state index in [0.717, 1.165) is 24.5 Å². The molecule has 1 amide bonds. The van der Waals surface area contributed by atoms with Gasteiger partial charge in [-0.3, -0.25) is 9.59 Å². The molecular weight excluding hydrogens is 483 g/mol. The molecule has 0 unspecified atom stereocenters. The number of halogens is 3. The summed E-state index contributed by atoms with van der Waals surface area (Å²) in [5, 5.41) is 0. The molecule has 28 heavy (non-hydrogen) atoms. The van der Waals surface area contributed by atoms with Crippen LogP contribution in [0.1, 0.15) is 41.6 Å². The molecule has 0 radical (unpaired) electrons. The fourth-order valence-corrected chi connectivity index (χ4v) is 3.96. The van der Waals surface area contributed by atoms with Crippen molar-refractivity contribution in [2.45, 2.75) is 25.7 Å². The molecule has 0 bridgehead atoms. The second kappa shape index (κ2) is 7.31. The molecule has 1 aliphatic heterocycles. The van der Waals surface area contributed by atoms with Crippen LogP contribution < -0.4 is 14.4 Å². The number of hydrogen-bond acceptors (Lipinski definition) is 4. The van der Waals surface area contributed by atoms with E-state index in [2.05, 4.69) is 0 Å². The van der Waals surface area contributed by atoms with Crippen molar-refractivity contribution in [3.8, 4) is 11.5 Å². The average Bonchev–Trinajstić information content (AvgIpc) is 3.45. The van der Waals surface area contributed by atoms with Gasteiger partial charge in [-0.1, -0.05) is 0 Å². The third-order valence-corrected chi connectivity index (χ3v) is 5.48. The molecule has 0 saturated heterocycles. The summed E-state index contributed by atoms with van der Waals surface area (Å²) in [6.07, 6.45) is 1.98. The largest absolute Gasteiger partial charge is 0.491 e. The number of anilines is 1. The van der Waals surface area contributed by atoms with Crippen LogP contribution >= 0.6 is 22.6 Å². The maximum atomic E-state index is 14.8. The molecule has 5 nitrogen and oxygen atoms in total. The molecule has 2 aliphatic rings. The molecule has 0 N–H and O–H groups in total. The third kappa shape index (κ3) is 3.57. The monoisotopic (exact) mass is 499 g/mol. The van der Waals surface area contributed by atoms with E-state index < -0.39 is 23.5 Å². The minimum Gasteiger partial charge on any atom is -0.491 e. The van der Waals surface area contributed by atoms with Gasteiger partial charge in [-0.25, -0.2) is 8.78 Å². The average molecular weight is 499 g/mol. The number of fused-ring (bicyclic) bond motifs is 1. The Balaban J connectivity index is 1.80. The van der Waals surface area contributed by atoms with Gasteiger partial charge in [0.25, 0.3) is 5.91 Å². The van der Waals surface area contributed by atoms with Gasteiger partial charge in [-0.2, -0.15) is 0 Å². The number of nitrogens with zero attached hydrogens (tertiary/aromatic N) is 1. The Morgan fingerprint density at radius 1 is 1.25 bits per heavy atom. The smallest absolute Gasteiger partial charge is 0.308 e. The number of carbonyl (C=O) groups is 2. The molecule has 2 aromatic rings. The lowest BCUT2D eigenvalue weighted by Crippen LogP contribution is -2.33. The summed E-state index contributed by atoms with van der Waals surface area (Å²) in [4.78, 5) is 25.8. The number of carbonyl (C=O) groups excluding carboxylic acids is 2. The number of esters is 1. The lowest BCUT2D eigenvalue weighted by atomic mass is 10.0. The van der Waals surface area contributed by atoms with Gasteiger partial charge in [-0.05, 0) is 65.1 Å². The number of ether oxygens (including phenoxy) is 2. The van der Waals surface area contributed by atoms with Crippen LogP contribution in [0.15, 0.2) is 24.3 Å². The molecule has 0 aromatic heterocycles. The van der Waals surface area contributed by atoms with Crippen LogP contribution in [-0.4, -0.2) is 25.0 Å². The fourth-order valence-electron chi connectivity index (χ4n) is 3.28. The first-order valence-electron chi connectivity index (χ1n) is 8.80. The van der Waals surface area contributed by atoms with Crippen LogP contribution in [0.25, 0.3) is 0 Å². The van der Waals surface area contributed by atoms with Crippen LogP contribution in [0, 0.1) is 15.2 Å². The maximum absolute atomic E-state index is 14.8. The molecule has 146 valence electrons. The molecule has 1 fully saturated rings. The molecule has 4 rings (SSSR count). The van der Waals surface area contributed by atoms with Crippen molar-refractivity contribution in [3.63, 3.8) is 0 Å². The first kappa shape index (κ1) is 19.1. The van der Waals surface area contributed by atoms with E-state index in [1.807, 2.05) is 22.6 Å². The number of rotatable bonds is 3. The van der Waals surface area contributed by atoms with Gasteiger partial charge in [0.1, 0.15) is 29.6 Å². The highest BCUT2D eigenvalue weighted by Crippen LogP contribution is 2.43. The third-order valence-electron chi connectivity index (χ3n) is 4.68. The second-order valence-corrected chi connectivity index (χ2v) is 7.95. The zero-order valence-electron chi connectivity index (χ0n) is 14.9. The predicted molar refractivity (Wildman–Crippen MR) is 106 cm³/mol. The summed E-state index contributed by atoms with van der Waals surface area (Å²) in [7, 11) is 0. The van der Waals surface area contributed by atoms with Crippen molar-refractivity contribution in [2.24, 2.45) is 0 Å². The van der Waals surface area contributed by atoms with Gasteiger partial charge < -0.3 is 14.4 Å². The lowest BCUT2D eigenvalue weighted by Gasteiger charge is -2.23. The van der Waals surface area contributed by atoms with Crippen LogP contribution in [-0.2, 0) is 4.79 Å². The number of hydrogen-bond donors (Lipinski definition) is 0. The number of amides is 1. The zero-order chi connectivity index (χ0) is 20.0. The van der Waals surface area contributed by atoms with E-state index in [1.54, 1.807) is 6.07 Å². The van der Waals surface area contributed by atoms with Crippen molar-refractivity contribution in [1.82, 2.24) is 0 Å². The quantitative estimate of drug-likeness (QED) is 0.357. The summed E-state index contributed by atoms with van der Waals surface area (Å²) in [6.45, 7) is 1.36.